The molecule has 0 aliphatic heterocycles. The molecule has 0 amide bonds. The summed E-state index contributed by atoms with van der Waals surface area (Å²) >= 11 is 0. The lowest BCUT2D eigenvalue weighted by Gasteiger charge is -2.12. The molecule has 0 saturated carbocycles. The topological polar surface area (TPSA) is 82.2 Å². The van der Waals surface area contributed by atoms with E-state index in [1.54, 1.807) is 66.7 Å². The van der Waals surface area contributed by atoms with Crippen molar-refractivity contribution in [2.24, 2.45) is 0 Å². The van der Waals surface area contributed by atoms with Crippen molar-refractivity contribution < 1.29 is 13.2 Å². The number of aryl methyl sites for hydroxylation is 1. The number of aromatic nitrogens is 1. The Kier molecular flexibility index (Phi) is 4.28. The monoisotopic (exact) mass is 390 g/mol. The Hall–Kier alpha value is -3.38. The molecule has 0 saturated heterocycles. The van der Waals surface area contributed by atoms with Crippen molar-refractivity contribution in [3.05, 3.63) is 95.7 Å². The molecule has 5 nitrogen and oxygen atoms in total. The molecule has 4 rings (SSSR count). The Morgan fingerprint density at radius 2 is 1.46 bits per heavy atom. The first-order chi connectivity index (χ1) is 13.4. The molecule has 0 aliphatic carbocycles. The van der Waals surface area contributed by atoms with Gasteiger partial charge in [0.25, 0.3) is 10.0 Å². The first-order valence-electron chi connectivity index (χ1n) is 8.72. The molecule has 0 fully saturated rings. The Bertz CT molecular complexity index is 1290. The zero-order valence-corrected chi connectivity index (χ0v) is 16.0. The number of anilines is 1. The molecular weight excluding hydrogens is 372 g/mol. The van der Waals surface area contributed by atoms with Crippen LogP contribution in [0.15, 0.2) is 83.8 Å². The van der Waals surface area contributed by atoms with Gasteiger partial charge < -0.3 is 5.73 Å². The highest BCUT2D eigenvalue weighted by Crippen LogP contribution is 2.33. The van der Waals surface area contributed by atoms with Crippen LogP contribution in [0.1, 0.15) is 21.6 Å². The fourth-order valence-corrected chi connectivity index (χ4v) is 4.77. The first kappa shape index (κ1) is 18.0. The van der Waals surface area contributed by atoms with Crippen molar-refractivity contribution in [1.29, 1.82) is 0 Å². The highest BCUT2D eigenvalue weighted by molar-refractivity contribution is 7.90. The van der Waals surface area contributed by atoms with Crippen LogP contribution in [0.2, 0.25) is 0 Å². The van der Waals surface area contributed by atoms with Gasteiger partial charge in [0.15, 0.2) is 0 Å². The third-order valence-corrected chi connectivity index (χ3v) is 6.41. The normalized spacial score (nSPS) is 11.6. The molecule has 0 aliphatic rings. The number of para-hydroxylation sites is 1. The summed E-state index contributed by atoms with van der Waals surface area (Å²) in [5.74, 6) is -0.440. The highest BCUT2D eigenvalue weighted by Gasteiger charge is 2.30. The first-order valence-corrected chi connectivity index (χ1v) is 10.2. The Morgan fingerprint density at radius 1 is 0.857 bits per heavy atom. The second-order valence-corrected chi connectivity index (χ2v) is 8.34. The summed E-state index contributed by atoms with van der Waals surface area (Å²) in [7, 11) is -4.03. The van der Waals surface area contributed by atoms with E-state index in [0.717, 1.165) is 9.54 Å². The summed E-state index contributed by atoms with van der Waals surface area (Å²) in [6.45, 7) is 1.88. The fraction of sp³-hybridized carbons (Fsp3) is 0.0455. The molecule has 1 aromatic heterocycles. The van der Waals surface area contributed by atoms with E-state index in [4.69, 9.17) is 5.73 Å². The molecule has 0 bridgehead atoms. The summed E-state index contributed by atoms with van der Waals surface area (Å²) in [5.41, 5.74) is 8.06. The maximum absolute atomic E-state index is 13.5. The molecule has 0 atom stereocenters. The third kappa shape index (κ3) is 2.78. The van der Waals surface area contributed by atoms with Gasteiger partial charge in [-0.1, -0.05) is 66.2 Å². The number of nitrogens with two attached hydrogens (primary N) is 1. The molecule has 140 valence electrons. The number of hydrogen-bond acceptors (Lipinski definition) is 4. The molecule has 6 heteroatoms. The number of nitrogens with zero attached hydrogens (tertiary/aromatic N) is 1. The quantitative estimate of drug-likeness (QED) is 0.534. The van der Waals surface area contributed by atoms with Crippen LogP contribution in [-0.4, -0.2) is 18.2 Å². The van der Waals surface area contributed by atoms with Gasteiger partial charge in [0.05, 0.1) is 16.1 Å². The highest BCUT2D eigenvalue weighted by atomic mass is 32.2. The van der Waals surface area contributed by atoms with E-state index in [1.165, 1.54) is 12.1 Å². The number of nitrogen functional groups attached to an aromatic ring is 1. The van der Waals surface area contributed by atoms with Crippen molar-refractivity contribution in [1.82, 2.24) is 3.97 Å². The van der Waals surface area contributed by atoms with E-state index in [2.05, 4.69) is 0 Å². The minimum atomic E-state index is -4.03. The van der Waals surface area contributed by atoms with Crippen molar-refractivity contribution in [2.45, 2.75) is 11.8 Å². The minimum absolute atomic E-state index is 0.0482. The average molecular weight is 390 g/mol. The van der Waals surface area contributed by atoms with Crippen molar-refractivity contribution in [3.63, 3.8) is 0 Å². The predicted octanol–water partition coefficient (Wildman–Crippen LogP) is 4.00. The standard InChI is InChI=1S/C22H18N2O3S/c1-15-11-13-17(14-12-15)28(26,27)24-19-10-6-5-9-18(19)20(23)21(24)22(25)16-7-3-2-4-8-16/h2-14H,23H2,1H3. The summed E-state index contributed by atoms with van der Waals surface area (Å²) in [5, 5.41) is 0.525. The Labute approximate surface area is 163 Å². The number of carbonyl (C=O) groups excluding carboxylic acids is 1. The van der Waals surface area contributed by atoms with Gasteiger partial charge in [0.1, 0.15) is 5.69 Å². The van der Waals surface area contributed by atoms with Gasteiger partial charge in [-0.3, -0.25) is 4.79 Å². The number of benzene rings is 3. The van der Waals surface area contributed by atoms with Gasteiger partial charge in [-0.25, -0.2) is 12.4 Å². The molecule has 4 aromatic rings. The molecule has 1 heterocycles. The zero-order chi connectivity index (χ0) is 19.9. The molecule has 3 aromatic carbocycles. The van der Waals surface area contributed by atoms with Gasteiger partial charge in [-0.15, -0.1) is 0 Å². The fourth-order valence-electron chi connectivity index (χ4n) is 3.24. The van der Waals surface area contributed by atoms with Crippen LogP contribution in [0.25, 0.3) is 10.9 Å². The van der Waals surface area contributed by atoms with E-state index >= 15 is 0 Å². The van der Waals surface area contributed by atoms with Crippen molar-refractivity contribution >= 4 is 32.4 Å². The third-order valence-electron chi connectivity index (χ3n) is 4.68. The molecule has 28 heavy (non-hydrogen) atoms. The lowest BCUT2D eigenvalue weighted by atomic mass is 10.1. The summed E-state index contributed by atoms with van der Waals surface area (Å²) < 4.78 is 28.0. The van der Waals surface area contributed by atoms with Crippen LogP contribution < -0.4 is 5.73 Å². The van der Waals surface area contributed by atoms with Gasteiger partial charge in [0.2, 0.25) is 5.78 Å². The lowest BCUT2D eigenvalue weighted by Crippen LogP contribution is -2.20. The smallest absolute Gasteiger partial charge is 0.268 e. The van der Waals surface area contributed by atoms with Gasteiger partial charge in [-0.2, -0.15) is 0 Å². The molecule has 0 radical (unpaired) electrons. The van der Waals surface area contributed by atoms with Crippen LogP contribution in [0.3, 0.4) is 0 Å². The second-order valence-electron chi connectivity index (χ2n) is 6.56. The minimum Gasteiger partial charge on any atom is -0.396 e. The van der Waals surface area contributed by atoms with Gasteiger partial charge >= 0.3 is 0 Å². The van der Waals surface area contributed by atoms with E-state index in [-0.39, 0.29) is 16.3 Å². The Morgan fingerprint density at radius 3 is 2.14 bits per heavy atom. The Balaban J connectivity index is 2.05. The number of rotatable bonds is 4. The van der Waals surface area contributed by atoms with E-state index in [0.29, 0.717) is 16.5 Å². The number of carbonyl (C=O) groups is 1. The van der Waals surface area contributed by atoms with Crippen LogP contribution in [-0.2, 0) is 10.0 Å². The molecule has 2 N–H and O–H groups in total. The maximum Gasteiger partial charge on any atom is 0.268 e. The van der Waals surface area contributed by atoms with E-state index < -0.39 is 15.8 Å². The molecule has 0 spiro atoms. The van der Waals surface area contributed by atoms with Crippen molar-refractivity contribution in [3.8, 4) is 0 Å². The van der Waals surface area contributed by atoms with Crippen molar-refractivity contribution in [2.75, 3.05) is 5.73 Å². The number of fused-ring (bicyclic) bond motifs is 1. The zero-order valence-electron chi connectivity index (χ0n) is 15.2. The largest absolute Gasteiger partial charge is 0.396 e. The average Bonchev–Trinajstić information content (AvgIpc) is 3.02. The number of ketones is 1. The molecule has 0 unspecified atom stereocenters. The second kappa shape index (κ2) is 6.65. The SMILES string of the molecule is Cc1ccc(S(=O)(=O)n2c(C(=O)c3ccccc3)c(N)c3ccccc32)cc1. The summed E-state index contributed by atoms with van der Waals surface area (Å²) in [6.07, 6.45) is 0. The van der Waals surface area contributed by atoms with E-state index in [1.807, 2.05) is 6.92 Å². The van der Waals surface area contributed by atoms with Crippen LogP contribution in [0, 0.1) is 6.92 Å². The molecular formula is C22H18N2O3S. The van der Waals surface area contributed by atoms with E-state index in [9.17, 15) is 13.2 Å². The van der Waals surface area contributed by atoms with Gasteiger partial charge in [-0.05, 0) is 25.1 Å². The maximum atomic E-state index is 13.5. The van der Waals surface area contributed by atoms with Gasteiger partial charge in [0, 0.05) is 10.9 Å². The number of hydrogen-bond donors (Lipinski definition) is 1. The summed E-state index contributed by atoms with van der Waals surface area (Å²) in [4.78, 5) is 13.3. The summed E-state index contributed by atoms with van der Waals surface area (Å²) in [6, 6.07) is 21.9. The lowest BCUT2D eigenvalue weighted by molar-refractivity contribution is 0.103. The predicted molar refractivity (Wildman–Crippen MR) is 110 cm³/mol. The van der Waals surface area contributed by atoms with Crippen LogP contribution in [0.4, 0.5) is 5.69 Å². The van der Waals surface area contributed by atoms with Crippen LogP contribution >= 0.6 is 0 Å². The van der Waals surface area contributed by atoms with Crippen LogP contribution in [0.5, 0.6) is 0 Å².